The first kappa shape index (κ1) is 17.2. The number of hydrogen-bond donors (Lipinski definition) is 0. The SMILES string of the molecule is CSc1cccc2sc(N3CCN(c4nc5c(F)cccc5s4)CC3)nc12. The Balaban J connectivity index is 1.36. The molecule has 0 aliphatic carbocycles. The molecule has 1 saturated heterocycles. The van der Waals surface area contributed by atoms with Crippen LogP contribution in [-0.4, -0.2) is 42.4 Å². The molecule has 0 unspecified atom stereocenters. The van der Waals surface area contributed by atoms with Gasteiger partial charge in [-0.2, -0.15) is 0 Å². The first-order valence-electron chi connectivity index (χ1n) is 8.71. The molecule has 8 heteroatoms. The first-order valence-corrected chi connectivity index (χ1v) is 11.6. The topological polar surface area (TPSA) is 32.3 Å². The third kappa shape index (κ3) is 3.05. The van der Waals surface area contributed by atoms with E-state index in [1.807, 2.05) is 6.07 Å². The molecule has 5 rings (SSSR count). The van der Waals surface area contributed by atoms with Crippen LogP contribution in [0.25, 0.3) is 20.4 Å². The number of nitrogens with zero attached hydrogens (tertiary/aromatic N) is 4. The zero-order chi connectivity index (χ0) is 18.4. The van der Waals surface area contributed by atoms with Crippen molar-refractivity contribution in [2.45, 2.75) is 4.90 Å². The highest BCUT2D eigenvalue weighted by molar-refractivity contribution is 7.98. The van der Waals surface area contributed by atoms with Crippen LogP contribution in [0.3, 0.4) is 0 Å². The van der Waals surface area contributed by atoms with Crippen molar-refractivity contribution in [3.05, 3.63) is 42.2 Å². The summed E-state index contributed by atoms with van der Waals surface area (Å²) >= 11 is 5.06. The molecule has 2 aromatic carbocycles. The molecule has 0 radical (unpaired) electrons. The van der Waals surface area contributed by atoms with E-state index in [2.05, 4.69) is 39.2 Å². The molecule has 0 spiro atoms. The van der Waals surface area contributed by atoms with Gasteiger partial charge in [0.25, 0.3) is 0 Å². The summed E-state index contributed by atoms with van der Waals surface area (Å²) in [5.74, 6) is -0.243. The van der Waals surface area contributed by atoms with Crippen molar-refractivity contribution in [1.82, 2.24) is 9.97 Å². The summed E-state index contributed by atoms with van der Waals surface area (Å²) in [4.78, 5) is 15.2. The largest absolute Gasteiger partial charge is 0.345 e. The number of para-hydroxylation sites is 2. The van der Waals surface area contributed by atoms with Crippen LogP contribution in [0.2, 0.25) is 0 Å². The molecule has 27 heavy (non-hydrogen) atoms. The van der Waals surface area contributed by atoms with E-state index in [0.717, 1.165) is 46.7 Å². The molecule has 1 aliphatic rings. The van der Waals surface area contributed by atoms with Crippen molar-refractivity contribution in [3.63, 3.8) is 0 Å². The quantitative estimate of drug-likeness (QED) is 0.434. The first-order chi connectivity index (χ1) is 13.2. The fraction of sp³-hybridized carbons (Fsp3) is 0.263. The molecule has 4 aromatic rings. The normalized spacial score (nSPS) is 15.2. The number of thioether (sulfide) groups is 1. The second kappa shape index (κ2) is 6.92. The van der Waals surface area contributed by atoms with Gasteiger partial charge in [0.15, 0.2) is 10.3 Å². The molecular formula is C19H17FN4S3. The van der Waals surface area contributed by atoms with Gasteiger partial charge in [0.05, 0.1) is 14.9 Å². The lowest BCUT2D eigenvalue weighted by molar-refractivity contribution is 0.635. The summed E-state index contributed by atoms with van der Waals surface area (Å²) in [6, 6.07) is 11.5. The third-order valence-corrected chi connectivity index (χ3v) is 7.70. The van der Waals surface area contributed by atoms with Crippen molar-refractivity contribution in [3.8, 4) is 0 Å². The van der Waals surface area contributed by atoms with E-state index in [0.29, 0.717) is 5.52 Å². The van der Waals surface area contributed by atoms with Crippen molar-refractivity contribution in [1.29, 1.82) is 0 Å². The Morgan fingerprint density at radius 3 is 2.00 bits per heavy atom. The van der Waals surface area contributed by atoms with Crippen LogP contribution in [0.15, 0.2) is 41.3 Å². The third-order valence-electron chi connectivity index (χ3n) is 4.77. The highest BCUT2D eigenvalue weighted by Gasteiger charge is 2.23. The fourth-order valence-electron chi connectivity index (χ4n) is 3.34. The number of anilines is 2. The second-order valence-corrected chi connectivity index (χ2v) is 9.23. The number of piperazine rings is 1. The summed E-state index contributed by atoms with van der Waals surface area (Å²) in [5.41, 5.74) is 1.59. The number of aromatic nitrogens is 2. The van der Waals surface area contributed by atoms with Gasteiger partial charge >= 0.3 is 0 Å². The molecule has 0 amide bonds. The molecule has 3 heterocycles. The molecule has 138 valence electrons. The van der Waals surface area contributed by atoms with Gasteiger partial charge in [0, 0.05) is 31.1 Å². The summed E-state index contributed by atoms with van der Waals surface area (Å²) in [6.45, 7) is 3.53. The molecule has 0 N–H and O–H groups in total. The van der Waals surface area contributed by atoms with Crippen LogP contribution < -0.4 is 9.80 Å². The Bertz CT molecular complexity index is 1110. The number of halogens is 1. The number of benzene rings is 2. The molecule has 0 saturated carbocycles. The van der Waals surface area contributed by atoms with Crippen molar-refractivity contribution >= 4 is 65.1 Å². The van der Waals surface area contributed by atoms with Gasteiger partial charge in [-0.25, -0.2) is 14.4 Å². The van der Waals surface area contributed by atoms with E-state index in [9.17, 15) is 4.39 Å². The molecule has 2 aromatic heterocycles. The Labute approximate surface area is 168 Å². The van der Waals surface area contributed by atoms with Crippen LogP contribution in [0.4, 0.5) is 14.7 Å². The van der Waals surface area contributed by atoms with Gasteiger partial charge in [-0.1, -0.05) is 34.8 Å². The van der Waals surface area contributed by atoms with Crippen LogP contribution in [0.1, 0.15) is 0 Å². The van der Waals surface area contributed by atoms with Gasteiger partial charge in [-0.3, -0.25) is 0 Å². The number of hydrogen-bond acceptors (Lipinski definition) is 7. The zero-order valence-corrected chi connectivity index (χ0v) is 17.1. The smallest absolute Gasteiger partial charge is 0.186 e. The van der Waals surface area contributed by atoms with Crippen LogP contribution >= 0.6 is 34.4 Å². The maximum atomic E-state index is 13.9. The summed E-state index contributed by atoms with van der Waals surface area (Å²) < 4.78 is 16.1. The van der Waals surface area contributed by atoms with E-state index in [1.165, 1.54) is 15.7 Å². The number of thiazole rings is 2. The number of rotatable bonds is 3. The second-order valence-electron chi connectivity index (χ2n) is 6.36. The van der Waals surface area contributed by atoms with Crippen LogP contribution in [0.5, 0.6) is 0 Å². The van der Waals surface area contributed by atoms with Gasteiger partial charge in [-0.15, -0.1) is 11.8 Å². The molecule has 0 atom stereocenters. The number of fused-ring (bicyclic) bond motifs is 2. The standard InChI is InChI=1S/C19H17FN4S3/c1-25-13-5-3-7-15-17(13)22-19(27-15)24-10-8-23(9-11-24)18-21-16-12(20)4-2-6-14(16)26-18/h2-7H,8-11H2,1H3. The predicted octanol–water partition coefficient (Wildman–Crippen LogP) is 5.09. The summed E-state index contributed by atoms with van der Waals surface area (Å²) in [7, 11) is 0. The average molecular weight is 417 g/mol. The minimum atomic E-state index is -0.243. The lowest BCUT2D eigenvalue weighted by Gasteiger charge is -2.34. The highest BCUT2D eigenvalue weighted by Crippen LogP contribution is 2.35. The Morgan fingerprint density at radius 2 is 1.41 bits per heavy atom. The minimum Gasteiger partial charge on any atom is -0.345 e. The Morgan fingerprint density at radius 1 is 0.852 bits per heavy atom. The lowest BCUT2D eigenvalue weighted by atomic mass is 10.3. The van der Waals surface area contributed by atoms with E-state index >= 15 is 0 Å². The van der Waals surface area contributed by atoms with Gasteiger partial charge in [0.1, 0.15) is 11.3 Å². The van der Waals surface area contributed by atoms with Crippen LogP contribution in [-0.2, 0) is 0 Å². The average Bonchev–Trinajstić information content (AvgIpc) is 3.33. The molecule has 0 bridgehead atoms. The molecular weight excluding hydrogens is 399 g/mol. The predicted molar refractivity (Wildman–Crippen MR) is 115 cm³/mol. The van der Waals surface area contributed by atoms with E-state index in [-0.39, 0.29) is 5.82 Å². The lowest BCUT2D eigenvalue weighted by Crippen LogP contribution is -2.46. The minimum absolute atomic E-state index is 0.243. The van der Waals surface area contributed by atoms with Crippen molar-refractivity contribution in [2.24, 2.45) is 0 Å². The van der Waals surface area contributed by atoms with E-state index < -0.39 is 0 Å². The molecule has 1 aliphatic heterocycles. The van der Waals surface area contributed by atoms with E-state index in [1.54, 1.807) is 40.5 Å². The maximum absolute atomic E-state index is 13.9. The van der Waals surface area contributed by atoms with Crippen molar-refractivity contribution < 1.29 is 4.39 Å². The zero-order valence-electron chi connectivity index (χ0n) is 14.7. The van der Waals surface area contributed by atoms with Gasteiger partial charge in [0.2, 0.25) is 0 Å². The Kier molecular flexibility index (Phi) is 4.41. The highest BCUT2D eigenvalue weighted by atomic mass is 32.2. The fourth-order valence-corrected chi connectivity index (χ4v) is 6.04. The van der Waals surface area contributed by atoms with E-state index in [4.69, 9.17) is 4.98 Å². The summed E-state index contributed by atoms with van der Waals surface area (Å²) in [5, 5.41) is 1.99. The molecule has 1 fully saturated rings. The van der Waals surface area contributed by atoms with Gasteiger partial charge < -0.3 is 9.80 Å². The van der Waals surface area contributed by atoms with Crippen LogP contribution in [0, 0.1) is 5.82 Å². The van der Waals surface area contributed by atoms with Gasteiger partial charge in [-0.05, 0) is 30.5 Å². The maximum Gasteiger partial charge on any atom is 0.186 e. The Hall–Kier alpha value is -1.90. The monoisotopic (exact) mass is 416 g/mol. The molecule has 4 nitrogen and oxygen atoms in total. The summed E-state index contributed by atoms with van der Waals surface area (Å²) in [6.07, 6.45) is 2.09. The van der Waals surface area contributed by atoms with Crippen molar-refractivity contribution in [2.75, 3.05) is 42.2 Å².